The third kappa shape index (κ3) is 2.12. The van der Waals surface area contributed by atoms with Crippen LogP contribution in [0, 0.1) is 0 Å². The highest BCUT2D eigenvalue weighted by atomic mass is 79.9. The molecule has 0 atom stereocenters. The fourth-order valence-corrected chi connectivity index (χ4v) is 1.75. The Morgan fingerprint density at radius 1 is 1.33 bits per heavy atom. The van der Waals surface area contributed by atoms with Gasteiger partial charge in [0.25, 0.3) is 0 Å². The van der Waals surface area contributed by atoms with E-state index < -0.39 is 0 Å². The summed E-state index contributed by atoms with van der Waals surface area (Å²) in [7, 11) is 1.63. The molecular formula is C10H8BrN3O. The van der Waals surface area contributed by atoms with Crippen molar-refractivity contribution in [3.05, 3.63) is 35.2 Å². The zero-order valence-corrected chi connectivity index (χ0v) is 9.60. The van der Waals surface area contributed by atoms with Crippen molar-refractivity contribution in [2.24, 2.45) is 0 Å². The highest BCUT2D eigenvalue weighted by Crippen LogP contribution is 2.29. The average molecular weight is 266 g/mol. The maximum Gasteiger partial charge on any atom is 0.138 e. The summed E-state index contributed by atoms with van der Waals surface area (Å²) in [4.78, 5) is 3.91. The molecule has 1 aromatic heterocycles. The van der Waals surface area contributed by atoms with E-state index in [1.807, 2.05) is 18.2 Å². The molecular weight excluding hydrogens is 258 g/mol. The molecule has 0 radical (unpaired) electrons. The predicted molar refractivity (Wildman–Crippen MR) is 59.5 cm³/mol. The van der Waals surface area contributed by atoms with Crippen LogP contribution in [0.1, 0.15) is 0 Å². The number of halogens is 1. The number of ether oxygens (including phenoxy) is 1. The summed E-state index contributed by atoms with van der Waals surface area (Å²) in [5.41, 5.74) is 1.68. The van der Waals surface area contributed by atoms with E-state index in [9.17, 15) is 0 Å². The first kappa shape index (κ1) is 10.0. The molecule has 5 heteroatoms. The lowest BCUT2D eigenvalue weighted by Gasteiger charge is -2.04. The van der Waals surface area contributed by atoms with Crippen LogP contribution >= 0.6 is 15.9 Å². The first-order chi connectivity index (χ1) is 7.31. The van der Waals surface area contributed by atoms with Crippen LogP contribution in [-0.2, 0) is 0 Å². The van der Waals surface area contributed by atoms with Crippen LogP contribution in [0.2, 0.25) is 0 Å². The average Bonchev–Trinajstić information content (AvgIpc) is 2.30. The summed E-state index contributed by atoms with van der Waals surface area (Å²) < 4.78 is 6.02. The van der Waals surface area contributed by atoms with Crippen molar-refractivity contribution in [2.75, 3.05) is 7.11 Å². The quantitative estimate of drug-likeness (QED) is 0.836. The lowest BCUT2D eigenvalue weighted by molar-refractivity contribution is 0.412. The second-order valence-corrected chi connectivity index (χ2v) is 3.70. The third-order valence-electron chi connectivity index (χ3n) is 1.93. The smallest absolute Gasteiger partial charge is 0.138 e. The fourth-order valence-electron chi connectivity index (χ4n) is 1.21. The van der Waals surface area contributed by atoms with E-state index >= 15 is 0 Å². The fraction of sp³-hybridized carbons (Fsp3) is 0.100. The molecule has 0 spiro atoms. The van der Waals surface area contributed by atoms with Crippen LogP contribution in [0.5, 0.6) is 5.75 Å². The lowest BCUT2D eigenvalue weighted by atomic mass is 10.1. The molecule has 15 heavy (non-hydrogen) atoms. The van der Waals surface area contributed by atoms with Gasteiger partial charge in [0.2, 0.25) is 0 Å². The van der Waals surface area contributed by atoms with Gasteiger partial charge in [-0.3, -0.25) is 0 Å². The second-order valence-electron chi connectivity index (χ2n) is 2.84. The van der Waals surface area contributed by atoms with Crippen molar-refractivity contribution in [3.63, 3.8) is 0 Å². The van der Waals surface area contributed by atoms with Crippen molar-refractivity contribution >= 4 is 15.9 Å². The Morgan fingerprint density at radius 3 is 2.80 bits per heavy atom. The Labute approximate surface area is 95.5 Å². The van der Waals surface area contributed by atoms with Crippen molar-refractivity contribution in [1.82, 2.24) is 15.2 Å². The van der Waals surface area contributed by atoms with Gasteiger partial charge in [0, 0.05) is 5.56 Å². The van der Waals surface area contributed by atoms with Crippen molar-refractivity contribution in [2.45, 2.75) is 0 Å². The van der Waals surface area contributed by atoms with Gasteiger partial charge in [-0.15, -0.1) is 10.2 Å². The normalized spacial score (nSPS) is 10.0. The van der Waals surface area contributed by atoms with E-state index in [2.05, 4.69) is 31.1 Å². The van der Waals surface area contributed by atoms with Crippen LogP contribution in [0.4, 0.5) is 0 Å². The van der Waals surface area contributed by atoms with Crippen LogP contribution in [0.15, 0.2) is 35.2 Å². The molecule has 0 aliphatic carbocycles. The highest BCUT2D eigenvalue weighted by molar-refractivity contribution is 9.10. The third-order valence-corrected chi connectivity index (χ3v) is 2.55. The number of methoxy groups -OCH3 is 1. The van der Waals surface area contributed by atoms with Gasteiger partial charge in [-0.25, -0.2) is 4.98 Å². The van der Waals surface area contributed by atoms with Crippen LogP contribution < -0.4 is 4.74 Å². The van der Waals surface area contributed by atoms with Crippen molar-refractivity contribution < 1.29 is 4.74 Å². The molecule has 0 bridgehead atoms. The minimum Gasteiger partial charge on any atom is -0.496 e. The van der Waals surface area contributed by atoms with E-state index in [4.69, 9.17) is 4.74 Å². The number of rotatable bonds is 2. The van der Waals surface area contributed by atoms with Crippen LogP contribution in [0.3, 0.4) is 0 Å². The van der Waals surface area contributed by atoms with Gasteiger partial charge in [0.15, 0.2) is 0 Å². The summed E-state index contributed by atoms with van der Waals surface area (Å²) in [6.45, 7) is 0. The molecule has 0 saturated carbocycles. The largest absolute Gasteiger partial charge is 0.496 e. The molecule has 0 fully saturated rings. The Morgan fingerprint density at radius 2 is 2.20 bits per heavy atom. The van der Waals surface area contributed by atoms with Gasteiger partial charge < -0.3 is 4.74 Å². The molecule has 0 unspecified atom stereocenters. The summed E-state index contributed by atoms with van der Waals surface area (Å²) in [5.74, 6) is 0.788. The van der Waals surface area contributed by atoms with Crippen LogP contribution in [0.25, 0.3) is 11.3 Å². The zero-order chi connectivity index (χ0) is 10.7. The molecule has 0 aliphatic rings. The van der Waals surface area contributed by atoms with E-state index in [-0.39, 0.29) is 0 Å². The summed E-state index contributed by atoms with van der Waals surface area (Å²) in [6, 6.07) is 5.70. The second kappa shape index (κ2) is 4.35. The molecule has 2 aromatic rings. The Kier molecular flexibility index (Phi) is 2.91. The number of nitrogens with zero attached hydrogens (tertiary/aromatic N) is 3. The molecule has 76 valence electrons. The maximum absolute atomic E-state index is 5.14. The first-order valence-corrected chi connectivity index (χ1v) is 5.07. The Balaban J connectivity index is 2.43. The number of hydrogen-bond acceptors (Lipinski definition) is 4. The minimum absolute atomic E-state index is 0.737. The summed E-state index contributed by atoms with van der Waals surface area (Å²) in [5, 5.41) is 7.70. The van der Waals surface area contributed by atoms with Gasteiger partial charge in [0.1, 0.15) is 17.8 Å². The molecule has 4 nitrogen and oxygen atoms in total. The summed E-state index contributed by atoms with van der Waals surface area (Å²) >= 11 is 3.41. The van der Waals surface area contributed by atoms with Gasteiger partial charge >= 0.3 is 0 Å². The molecule has 0 N–H and O–H groups in total. The minimum atomic E-state index is 0.737. The molecule has 0 amide bonds. The van der Waals surface area contributed by atoms with E-state index in [1.165, 1.54) is 6.33 Å². The van der Waals surface area contributed by atoms with Gasteiger partial charge in [-0.05, 0) is 34.1 Å². The Hall–Kier alpha value is -1.49. The Bertz CT molecular complexity index is 461. The molecule has 0 aliphatic heterocycles. The molecule has 1 aromatic carbocycles. The standard InChI is InChI=1S/C10H8BrN3O/c1-15-10-3-2-7(4-8(10)11)9-5-12-6-13-14-9/h2-6H,1H3. The first-order valence-electron chi connectivity index (χ1n) is 4.28. The van der Waals surface area contributed by atoms with E-state index in [0.717, 1.165) is 21.5 Å². The lowest BCUT2D eigenvalue weighted by Crippen LogP contribution is -1.89. The predicted octanol–water partition coefficient (Wildman–Crippen LogP) is 2.31. The zero-order valence-electron chi connectivity index (χ0n) is 8.01. The van der Waals surface area contributed by atoms with Gasteiger partial charge in [-0.1, -0.05) is 0 Å². The van der Waals surface area contributed by atoms with E-state index in [0.29, 0.717) is 0 Å². The molecule has 0 saturated heterocycles. The maximum atomic E-state index is 5.14. The highest BCUT2D eigenvalue weighted by Gasteiger charge is 2.04. The van der Waals surface area contributed by atoms with Gasteiger partial charge in [0.05, 0.1) is 17.8 Å². The topological polar surface area (TPSA) is 47.9 Å². The van der Waals surface area contributed by atoms with Crippen LogP contribution in [-0.4, -0.2) is 22.3 Å². The monoisotopic (exact) mass is 265 g/mol. The molecule has 1 heterocycles. The SMILES string of the molecule is COc1ccc(-c2cncnn2)cc1Br. The van der Waals surface area contributed by atoms with E-state index in [1.54, 1.807) is 13.3 Å². The van der Waals surface area contributed by atoms with Crippen molar-refractivity contribution in [1.29, 1.82) is 0 Å². The number of aromatic nitrogens is 3. The van der Waals surface area contributed by atoms with Crippen molar-refractivity contribution in [3.8, 4) is 17.0 Å². The molecule has 2 rings (SSSR count). The van der Waals surface area contributed by atoms with Gasteiger partial charge in [-0.2, -0.15) is 0 Å². The number of hydrogen-bond donors (Lipinski definition) is 0. The number of benzene rings is 1. The summed E-state index contributed by atoms with van der Waals surface area (Å²) in [6.07, 6.45) is 3.07.